The highest BCUT2D eigenvalue weighted by molar-refractivity contribution is 7.98. The Bertz CT molecular complexity index is 1370. The number of nitro benzene ring substituents is 1. The van der Waals surface area contributed by atoms with Crippen LogP contribution >= 0.6 is 23.4 Å². The standard InChI is InChI=1S/C19H14ClN9O4S/c20-13-7-4-8-14(29(31)32)12(13)9-22-24-19(30)16-15(10-34-11-5-2-1-3-6-11)28(27-23-16)18-17(21)25-33-26-18/h1-9H,10H2,(H2,21,25)(H,24,30)/b22-9-. The molecule has 0 aliphatic rings. The summed E-state index contributed by atoms with van der Waals surface area (Å²) in [6.07, 6.45) is 1.08. The lowest BCUT2D eigenvalue weighted by Crippen LogP contribution is -2.20. The molecule has 13 nitrogen and oxygen atoms in total. The first-order valence-corrected chi connectivity index (χ1v) is 10.8. The van der Waals surface area contributed by atoms with E-state index < -0.39 is 10.8 Å². The number of rotatable bonds is 8. The quantitative estimate of drug-likeness (QED) is 0.158. The Morgan fingerprint density at radius 2 is 2.06 bits per heavy atom. The molecule has 0 atom stereocenters. The van der Waals surface area contributed by atoms with E-state index in [0.717, 1.165) is 11.1 Å². The SMILES string of the molecule is Nc1nonc1-n1nnc(C(=O)N/N=C\c2c(Cl)cccc2[N+](=O)[O-])c1CSc1ccccc1. The van der Waals surface area contributed by atoms with Gasteiger partial charge in [0.05, 0.1) is 27.4 Å². The van der Waals surface area contributed by atoms with E-state index in [1.54, 1.807) is 0 Å². The van der Waals surface area contributed by atoms with Gasteiger partial charge in [0.15, 0.2) is 5.69 Å². The van der Waals surface area contributed by atoms with Crippen LogP contribution in [0.25, 0.3) is 5.82 Å². The number of anilines is 1. The number of amides is 1. The highest BCUT2D eigenvalue weighted by atomic mass is 35.5. The molecule has 2 aromatic heterocycles. The van der Waals surface area contributed by atoms with Gasteiger partial charge < -0.3 is 5.73 Å². The molecule has 0 unspecified atom stereocenters. The van der Waals surface area contributed by atoms with E-state index in [4.69, 9.17) is 17.3 Å². The summed E-state index contributed by atoms with van der Waals surface area (Å²) in [5.74, 6) is -0.403. The summed E-state index contributed by atoms with van der Waals surface area (Å²) in [6, 6.07) is 13.7. The van der Waals surface area contributed by atoms with Crippen LogP contribution in [0.2, 0.25) is 5.02 Å². The minimum Gasteiger partial charge on any atom is -0.378 e. The van der Waals surface area contributed by atoms with Crippen LogP contribution in [0.4, 0.5) is 11.5 Å². The van der Waals surface area contributed by atoms with E-state index in [2.05, 4.69) is 35.8 Å². The van der Waals surface area contributed by atoms with Crippen molar-refractivity contribution in [2.24, 2.45) is 5.10 Å². The molecule has 0 saturated heterocycles. The summed E-state index contributed by atoms with van der Waals surface area (Å²) in [6.45, 7) is 0. The third-order valence-electron chi connectivity index (χ3n) is 4.38. The van der Waals surface area contributed by atoms with Crippen molar-refractivity contribution in [2.75, 3.05) is 5.73 Å². The van der Waals surface area contributed by atoms with Crippen LogP contribution in [-0.4, -0.2) is 42.4 Å². The maximum atomic E-state index is 12.8. The average molecular weight is 500 g/mol. The molecule has 1 amide bonds. The van der Waals surface area contributed by atoms with Gasteiger partial charge in [0, 0.05) is 16.7 Å². The first kappa shape index (κ1) is 22.9. The van der Waals surface area contributed by atoms with Crippen LogP contribution in [0, 0.1) is 10.1 Å². The molecule has 4 aromatic rings. The Balaban J connectivity index is 1.60. The summed E-state index contributed by atoms with van der Waals surface area (Å²) in [4.78, 5) is 24.4. The van der Waals surface area contributed by atoms with E-state index in [9.17, 15) is 14.9 Å². The first-order chi connectivity index (χ1) is 16.5. The lowest BCUT2D eigenvalue weighted by atomic mass is 10.2. The second kappa shape index (κ2) is 10.1. The van der Waals surface area contributed by atoms with E-state index in [1.165, 1.54) is 34.6 Å². The number of nitrogens with two attached hydrogens (primary N) is 1. The lowest BCUT2D eigenvalue weighted by molar-refractivity contribution is -0.385. The largest absolute Gasteiger partial charge is 0.378 e. The molecule has 0 radical (unpaired) electrons. The van der Waals surface area contributed by atoms with Crippen molar-refractivity contribution in [2.45, 2.75) is 10.6 Å². The predicted octanol–water partition coefficient (Wildman–Crippen LogP) is 2.85. The molecular formula is C19H14ClN9O4S. The van der Waals surface area contributed by atoms with Crippen LogP contribution < -0.4 is 11.2 Å². The van der Waals surface area contributed by atoms with Crippen molar-refractivity contribution in [1.29, 1.82) is 0 Å². The number of carbonyl (C=O) groups is 1. The maximum Gasteiger partial charge on any atom is 0.293 e. The number of benzene rings is 2. The second-order valence-electron chi connectivity index (χ2n) is 6.50. The number of hydrazone groups is 1. The van der Waals surface area contributed by atoms with Crippen LogP contribution in [0.3, 0.4) is 0 Å². The monoisotopic (exact) mass is 499 g/mol. The van der Waals surface area contributed by atoms with Gasteiger partial charge in [-0.25, -0.2) is 10.1 Å². The zero-order valence-corrected chi connectivity index (χ0v) is 18.6. The highest BCUT2D eigenvalue weighted by Crippen LogP contribution is 2.26. The summed E-state index contributed by atoms with van der Waals surface area (Å²) >= 11 is 7.46. The van der Waals surface area contributed by atoms with Gasteiger partial charge in [-0.1, -0.05) is 41.1 Å². The Labute approximate surface area is 200 Å². The van der Waals surface area contributed by atoms with Crippen molar-refractivity contribution >= 4 is 47.0 Å². The third-order valence-corrected chi connectivity index (χ3v) is 5.73. The van der Waals surface area contributed by atoms with Crippen molar-refractivity contribution < 1.29 is 14.3 Å². The van der Waals surface area contributed by atoms with Crippen LogP contribution in [0.15, 0.2) is 63.2 Å². The number of thioether (sulfide) groups is 1. The summed E-state index contributed by atoms with van der Waals surface area (Å²) in [5.41, 5.74) is 8.14. The van der Waals surface area contributed by atoms with E-state index in [1.807, 2.05) is 30.3 Å². The number of nitro groups is 1. The molecule has 34 heavy (non-hydrogen) atoms. The fourth-order valence-corrected chi connectivity index (χ4v) is 3.94. The number of hydrogen-bond donors (Lipinski definition) is 2. The number of hydrogen-bond acceptors (Lipinski definition) is 11. The second-order valence-corrected chi connectivity index (χ2v) is 7.96. The van der Waals surface area contributed by atoms with Gasteiger partial charge in [-0.3, -0.25) is 14.9 Å². The lowest BCUT2D eigenvalue weighted by Gasteiger charge is -2.06. The van der Waals surface area contributed by atoms with Crippen LogP contribution in [-0.2, 0) is 5.75 Å². The molecule has 0 aliphatic carbocycles. The third kappa shape index (κ3) is 4.87. The smallest absolute Gasteiger partial charge is 0.293 e. The molecule has 0 spiro atoms. The molecule has 0 bridgehead atoms. The fraction of sp³-hybridized carbons (Fsp3) is 0.0526. The van der Waals surface area contributed by atoms with Crippen molar-refractivity contribution in [3.8, 4) is 5.82 Å². The van der Waals surface area contributed by atoms with E-state index >= 15 is 0 Å². The van der Waals surface area contributed by atoms with Gasteiger partial charge in [0.25, 0.3) is 11.6 Å². The first-order valence-electron chi connectivity index (χ1n) is 9.43. The summed E-state index contributed by atoms with van der Waals surface area (Å²) in [7, 11) is 0. The molecule has 2 heterocycles. The maximum absolute atomic E-state index is 12.8. The number of nitrogen functional groups attached to an aromatic ring is 1. The molecule has 3 N–H and O–H groups in total. The molecule has 2 aromatic carbocycles. The Hall–Kier alpha value is -4.30. The van der Waals surface area contributed by atoms with Crippen LogP contribution in [0.5, 0.6) is 0 Å². The number of nitrogens with one attached hydrogen (secondary N) is 1. The van der Waals surface area contributed by atoms with Crippen LogP contribution in [0.1, 0.15) is 21.7 Å². The van der Waals surface area contributed by atoms with Gasteiger partial charge in [-0.15, -0.1) is 16.9 Å². The van der Waals surface area contributed by atoms with Gasteiger partial charge in [-0.2, -0.15) is 9.78 Å². The summed E-state index contributed by atoms with van der Waals surface area (Å²) < 4.78 is 5.88. The van der Waals surface area contributed by atoms with Crippen molar-refractivity contribution in [1.82, 2.24) is 30.7 Å². The molecule has 0 saturated carbocycles. The molecule has 0 aliphatic heterocycles. The topological polar surface area (TPSA) is 180 Å². The highest BCUT2D eigenvalue weighted by Gasteiger charge is 2.24. The number of nitrogens with zero attached hydrogens (tertiary/aromatic N) is 7. The molecule has 15 heteroatoms. The number of aromatic nitrogens is 5. The molecule has 4 rings (SSSR count). The van der Waals surface area contributed by atoms with E-state index in [-0.39, 0.29) is 39.4 Å². The number of carbonyl (C=O) groups excluding carboxylic acids is 1. The Kier molecular flexibility index (Phi) is 6.79. The van der Waals surface area contributed by atoms with Gasteiger partial charge in [0.2, 0.25) is 11.6 Å². The van der Waals surface area contributed by atoms with Crippen molar-refractivity contribution in [3.63, 3.8) is 0 Å². The normalized spacial score (nSPS) is 11.1. The molecule has 0 fully saturated rings. The zero-order valence-electron chi connectivity index (χ0n) is 17.0. The molecule has 172 valence electrons. The predicted molar refractivity (Wildman–Crippen MR) is 123 cm³/mol. The van der Waals surface area contributed by atoms with Crippen molar-refractivity contribution in [3.05, 3.63) is 80.6 Å². The Morgan fingerprint density at radius 1 is 1.26 bits per heavy atom. The molecular weight excluding hydrogens is 486 g/mol. The fourth-order valence-electron chi connectivity index (χ4n) is 2.80. The number of halogens is 1. The Morgan fingerprint density at radius 3 is 2.76 bits per heavy atom. The van der Waals surface area contributed by atoms with Gasteiger partial charge in [-0.05, 0) is 28.5 Å². The zero-order chi connectivity index (χ0) is 24.1. The summed E-state index contributed by atoms with van der Waals surface area (Å²) in [5, 5.41) is 30.2. The van der Waals surface area contributed by atoms with E-state index in [0.29, 0.717) is 5.69 Å². The minimum atomic E-state index is -0.712. The van der Waals surface area contributed by atoms with Gasteiger partial charge >= 0.3 is 0 Å². The average Bonchev–Trinajstić information content (AvgIpc) is 3.44. The minimum absolute atomic E-state index is 0.0353. The van der Waals surface area contributed by atoms with Gasteiger partial charge in [0.1, 0.15) is 0 Å².